The van der Waals surface area contributed by atoms with Crippen molar-refractivity contribution in [1.29, 1.82) is 0 Å². The van der Waals surface area contributed by atoms with Crippen LogP contribution in [-0.4, -0.2) is 11.4 Å². The summed E-state index contributed by atoms with van der Waals surface area (Å²) in [4.78, 5) is 13.2. The third-order valence-electron chi connectivity index (χ3n) is 5.75. The van der Waals surface area contributed by atoms with Gasteiger partial charge in [0.05, 0.1) is 5.66 Å². The molecule has 3 heteroatoms. The quantitative estimate of drug-likeness (QED) is 0.699. The molecule has 2 fully saturated rings. The molecule has 0 aromatic heterocycles. The molecule has 1 heterocycles. The maximum atomic E-state index is 14.3. The molecule has 4 rings (SSSR count). The highest BCUT2D eigenvalue weighted by molar-refractivity contribution is 7.66. The molecular formula is C21H23O2P. The number of rotatable bonds is 3. The van der Waals surface area contributed by atoms with Crippen molar-refractivity contribution in [2.24, 2.45) is 5.92 Å². The van der Waals surface area contributed by atoms with Gasteiger partial charge in [-0.1, -0.05) is 73.5 Å². The first-order valence-electron chi connectivity index (χ1n) is 8.91. The Hall–Kier alpha value is -1.66. The Kier molecular flexibility index (Phi) is 4.18. The van der Waals surface area contributed by atoms with Gasteiger partial charge >= 0.3 is 0 Å². The zero-order valence-electron chi connectivity index (χ0n) is 13.8. The Bertz CT molecular complexity index is 769. The predicted octanol–water partition coefficient (Wildman–Crippen LogP) is 5.43. The van der Waals surface area contributed by atoms with Crippen LogP contribution in [0.1, 0.15) is 42.5 Å². The van der Waals surface area contributed by atoms with Crippen LogP contribution in [-0.2, 0) is 15.5 Å². The largest absolute Gasteiger partial charge is 0.322 e. The molecular weight excluding hydrogens is 315 g/mol. The lowest BCUT2D eigenvalue weighted by Crippen LogP contribution is -2.23. The van der Waals surface area contributed by atoms with Gasteiger partial charge in [-0.15, -0.1) is 0 Å². The second-order valence-corrected chi connectivity index (χ2v) is 10.4. The van der Waals surface area contributed by atoms with Crippen molar-refractivity contribution in [3.05, 3.63) is 71.8 Å². The molecule has 1 saturated heterocycles. The average Bonchev–Trinajstić information content (AvgIpc) is 2.84. The van der Waals surface area contributed by atoms with Gasteiger partial charge < -0.3 is 4.57 Å². The summed E-state index contributed by atoms with van der Waals surface area (Å²) in [6.07, 6.45) is 4.63. The summed E-state index contributed by atoms with van der Waals surface area (Å²) in [5, 5.41) is 0. The second kappa shape index (κ2) is 6.33. The summed E-state index contributed by atoms with van der Waals surface area (Å²) >= 11 is 0. The van der Waals surface area contributed by atoms with Gasteiger partial charge in [-0.05, 0) is 24.0 Å². The minimum Gasteiger partial charge on any atom is -0.322 e. The first-order chi connectivity index (χ1) is 11.7. The molecule has 124 valence electrons. The normalized spacial score (nSPS) is 32.5. The smallest absolute Gasteiger partial charge is 0.151 e. The molecule has 4 unspecified atom stereocenters. The van der Waals surface area contributed by atoms with Crippen LogP contribution in [0.5, 0.6) is 0 Å². The van der Waals surface area contributed by atoms with Crippen LogP contribution in [0.25, 0.3) is 0 Å². The molecule has 2 aromatic rings. The number of ketones is 1. The van der Waals surface area contributed by atoms with Gasteiger partial charge in [0.1, 0.15) is 7.14 Å². The molecule has 0 spiro atoms. The molecule has 1 aliphatic carbocycles. The standard InChI is InChI=1S/C21H23O2P/c22-20-18-13-7-8-14-19(18)24(23,15-16-9-3-1-4-10-16)21(20)17-11-5-2-6-12-17/h1-6,9-12,18-19,21H,7-8,13-15H2. The Morgan fingerprint density at radius 1 is 0.875 bits per heavy atom. The van der Waals surface area contributed by atoms with E-state index < -0.39 is 12.8 Å². The molecule has 0 radical (unpaired) electrons. The Morgan fingerprint density at radius 3 is 2.21 bits per heavy atom. The third-order valence-corrected chi connectivity index (χ3v) is 9.78. The van der Waals surface area contributed by atoms with E-state index in [4.69, 9.17) is 0 Å². The fourth-order valence-corrected chi connectivity index (χ4v) is 9.11. The van der Waals surface area contributed by atoms with Gasteiger partial charge in [0.2, 0.25) is 0 Å². The van der Waals surface area contributed by atoms with E-state index in [1.165, 1.54) is 0 Å². The number of carbonyl (C=O) groups is 1. The van der Waals surface area contributed by atoms with E-state index in [0.29, 0.717) is 6.16 Å². The fourth-order valence-electron chi connectivity index (χ4n) is 4.71. The van der Waals surface area contributed by atoms with Gasteiger partial charge in [0.25, 0.3) is 0 Å². The van der Waals surface area contributed by atoms with Crippen molar-refractivity contribution in [3.8, 4) is 0 Å². The third kappa shape index (κ3) is 2.58. The van der Waals surface area contributed by atoms with Crippen molar-refractivity contribution < 1.29 is 9.36 Å². The Balaban J connectivity index is 1.79. The van der Waals surface area contributed by atoms with E-state index in [0.717, 1.165) is 36.8 Å². The number of carbonyl (C=O) groups excluding carboxylic acids is 1. The van der Waals surface area contributed by atoms with Gasteiger partial charge in [-0.2, -0.15) is 0 Å². The van der Waals surface area contributed by atoms with E-state index in [2.05, 4.69) is 0 Å². The first-order valence-corrected chi connectivity index (χ1v) is 10.9. The van der Waals surface area contributed by atoms with E-state index in [1.807, 2.05) is 60.7 Å². The molecule has 0 amide bonds. The van der Waals surface area contributed by atoms with Crippen LogP contribution in [0.2, 0.25) is 0 Å². The van der Waals surface area contributed by atoms with Gasteiger partial charge in [-0.25, -0.2) is 0 Å². The van der Waals surface area contributed by atoms with Crippen molar-refractivity contribution in [3.63, 3.8) is 0 Å². The highest BCUT2D eigenvalue weighted by Gasteiger charge is 2.57. The van der Waals surface area contributed by atoms with Crippen LogP contribution >= 0.6 is 7.14 Å². The van der Waals surface area contributed by atoms with E-state index in [1.54, 1.807) is 0 Å². The Labute approximate surface area is 143 Å². The fraction of sp³-hybridized carbons (Fsp3) is 0.381. The summed E-state index contributed by atoms with van der Waals surface area (Å²) in [6, 6.07) is 19.9. The summed E-state index contributed by atoms with van der Waals surface area (Å²) in [7, 11) is -2.66. The van der Waals surface area contributed by atoms with Crippen LogP contribution in [0.15, 0.2) is 60.7 Å². The minimum atomic E-state index is -2.66. The summed E-state index contributed by atoms with van der Waals surface area (Å²) in [5.74, 6) is 0.253. The minimum absolute atomic E-state index is 0.0125. The van der Waals surface area contributed by atoms with E-state index in [-0.39, 0.29) is 17.4 Å². The summed E-state index contributed by atoms with van der Waals surface area (Å²) in [5.41, 5.74) is 1.74. The number of hydrogen-bond donors (Lipinski definition) is 0. The highest BCUT2D eigenvalue weighted by atomic mass is 31.2. The Morgan fingerprint density at radius 2 is 1.50 bits per heavy atom. The predicted molar refractivity (Wildman–Crippen MR) is 97.7 cm³/mol. The summed E-state index contributed by atoms with van der Waals surface area (Å²) in [6.45, 7) is 0. The lowest BCUT2D eigenvalue weighted by atomic mass is 9.84. The number of fused-ring (bicyclic) bond motifs is 1. The van der Waals surface area contributed by atoms with Crippen molar-refractivity contribution in [1.82, 2.24) is 0 Å². The average molecular weight is 338 g/mol. The summed E-state index contributed by atoms with van der Waals surface area (Å²) < 4.78 is 14.3. The van der Waals surface area contributed by atoms with Crippen molar-refractivity contribution in [2.45, 2.75) is 43.2 Å². The topological polar surface area (TPSA) is 34.1 Å². The monoisotopic (exact) mass is 338 g/mol. The number of Topliss-reactive ketones (excluding diaryl/α,β-unsaturated/α-hetero) is 1. The van der Waals surface area contributed by atoms with Crippen LogP contribution < -0.4 is 0 Å². The van der Waals surface area contributed by atoms with Gasteiger partial charge in [0, 0.05) is 17.7 Å². The zero-order valence-corrected chi connectivity index (χ0v) is 14.7. The molecule has 2 nitrogen and oxygen atoms in total. The molecule has 0 bridgehead atoms. The maximum Gasteiger partial charge on any atom is 0.151 e. The van der Waals surface area contributed by atoms with Gasteiger partial charge in [-0.3, -0.25) is 4.79 Å². The van der Waals surface area contributed by atoms with E-state index in [9.17, 15) is 9.36 Å². The number of benzene rings is 2. The molecule has 1 aliphatic heterocycles. The maximum absolute atomic E-state index is 14.3. The first kappa shape index (κ1) is 15.8. The lowest BCUT2D eigenvalue weighted by Gasteiger charge is -2.29. The van der Waals surface area contributed by atoms with Crippen LogP contribution in [0.3, 0.4) is 0 Å². The molecule has 4 atom stereocenters. The van der Waals surface area contributed by atoms with Gasteiger partial charge in [0.15, 0.2) is 5.78 Å². The lowest BCUT2D eigenvalue weighted by molar-refractivity contribution is -0.122. The van der Waals surface area contributed by atoms with Crippen LogP contribution in [0.4, 0.5) is 0 Å². The highest BCUT2D eigenvalue weighted by Crippen LogP contribution is 2.74. The van der Waals surface area contributed by atoms with Crippen molar-refractivity contribution >= 4 is 12.9 Å². The zero-order chi connectivity index (χ0) is 16.6. The molecule has 1 saturated carbocycles. The molecule has 24 heavy (non-hydrogen) atoms. The molecule has 2 aromatic carbocycles. The molecule has 0 N–H and O–H groups in total. The SMILES string of the molecule is O=C1C2CCCCC2P(=O)(Cc2ccccc2)C1c1ccccc1. The van der Waals surface area contributed by atoms with Crippen molar-refractivity contribution in [2.75, 3.05) is 0 Å². The van der Waals surface area contributed by atoms with Crippen LogP contribution in [0, 0.1) is 5.92 Å². The number of hydrogen-bond acceptors (Lipinski definition) is 2. The second-order valence-electron chi connectivity index (χ2n) is 7.17. The molecule has 2 aliphatic rings. The van der Waals surface area contributed by atoms with E-state index >= 15 is 0 Å².